The van der Waals surface area contributed by atoms with E-state index in [0.29, 0.717) is 0 Å². The van der Waals surface area contributed by atoms with Crippen LogP contribution in [0.1, 0.15) is 20.8 Å². The van der Waals surface area contributed by atoms with Crippen LogP contribution in [0.5, 0.6) is 0 Å². The lowest BCUT2D eigenvalue weighted by molar-refractivity contribution is 1.19. The number of benzene rings is 1. The van der Waals surface area contributed by atoms with Crippen LogP contribution < -0.4 is 0 Å². The topological polar surface area (TPSA) is 0 Å². The van der Waals surface area contributed by atoms with Crippen molar-refractivity contribution in [3.63, 3.8) is 0 Å². The maximum absolute atomic E-state index is 2.57. The van der Waals surface area contributed by atoms with Gasteiger partial charge in [0, 0.05) is 10.6 Å². The summed E-state index contributed by atoms with van der Waals surface area (Å²) >= 11 is 1.93. The van der Waals surface area contributed by atoms with E-state index < -0.39 is 8.07 Å². The first kappa shape index (κ1) is 14.6. The molecule has 1 aromatic carbocycles. The average Bonchev–Trinajstić information content (AvgIpc) is 2.41. The first-order valence-electron chi connectivity index (χ1n) is 6.62. The number of rotatable bonds is 7. The molecule has 0 nitrogen and oxygen atoms in total. The second kappa shape index (κ2) is 7.78. The van der Waals surface area contributed by atoms with Gasteiger partial charge in [0.05, 0.1) is 8.07 Å². The molecule has 0 saturated heterocycles. The molecular weight excluding hydrogens is 240 g/mol. The van der Waals surface area contributed by atoms with E-state index >= 15 is 0 Å². The molecule has 1 aromatic rings. The fraction of sp³-hybridized carbons (Fsp3) is 0.467. The van der Waals surface area contributed by atoms with Crippen LogP contribution in [0.2, 0.25) is 18.1 Å². The highest BCUT2D eigenvalue weighted by Gasteiger charge is 2.22. The summed E-state index contributed by atoms with van der Waals surface area (Å²) in [5, 5.41) is 0. The summed E-state index contributed by atoms with van der Waals surface area (Å²) < 4.78 is 0. The fourth-order valence-corrected chi connectivity index (χ4v) is 5.79. The summed E-state index contributed by atoms with van der Waals surface area (Å²) in [4.78, 5) is 1.37. The van der Waals surface area contributed by atoms with E-state index in [0.717, 1.165) is 5.75 Å². The van der Waals surface area contributed by atoms with E-state index in [4.69, 9.17) is 0 Å². The number of hydrogen-bond acceptors (Lipinski definition) is 1. The molecule has 2 heteroatoms. The van der Waals surface area contributed by atoms with E-state index in [2.05, 4.69) is 62.9 Å². The van der Waals surface area contributed by atoms with Gasteiger partial charge in [-0.25, -0.2) is 0 Å². The van der Waals surface area contributed by atoms with Gasteiger partial charge in [-0.15, -0.1) is 11.8 Å². The number of thioether (sulfide) groups is 1. The van der Waals surface area contributed by atoms with E-state index in [-0.39, 0.29) is 0 Å². The van der Waals surface area contributed by atoms with Crippen molar-refractivity contribution in [3.05, 3.63) is 42.1 Å². The van der Waals surface area contributed by atoms with Crippen LogP contribution in [0.25, 0.3) is 0 Å². The molecule has 0 fully saturated rings. The van der Waals surface area contributed by atoms with Gasteiger partial charge in [0.2, 0.25) is 0 Å². The Morgan fingerprint density at radius 3 is 2.12 bits per heavy atom. The lowest BCUT2D eigenvalue weighted by atomic mass is 10.4. The highest BCUT2D eigenvalue weighted by atomic mass is 32.2. The van der Waals surface area contributed by atoms with Crippen molar-refractivity contribution >= 4 is 19.8 Å². The quantitative estimate of drug-likeness (QED) is 0.470. The minimum absolute atomic E-state index is 1.05. The maximum atomic E-state index is 2.57. The molecule has 0 bridgehead atoms. The third-order valence-electron chi connectivity index (χ3n) is 3.67. The molecule has 94 valence electrons. The van der Waals surface area contributed by atoms with Crippen LogP contribution in [0.3, 0.4) is 0 Å². The van der Waals surface area contributed by atoms with Crippen molar-refractivity contribution in [2.45, 2.75) is 43.8 Å². The molecule has 0 N–H and O–H groups in total. The lowest BCUT2D eigenvalue weighted by Gasteiger charge is -2.23. The van der Waals surface area contributed by atoms with Crippen LogP contribution >= 0.6 is 11.8 Å². The standard InChI is InChI=1S/C15H24SSi/c1-4-17(5-2,6-3)14-10-13-16-15-11-8-7-9-12-15/h7-12,14H,4-6,13H2,1-3H3. The summed E-state index contributed by atoms with van der Waals surface area (Å²) in [6.45, 7) is 7.07. The maximum Gasteiger partial charge on any atom is 0.0766 e. The molecule has 0 aliphatic heterocycles. The SMILES string of the molecule is CC[Si](C=CCSc1ccccc1)(CC)CC. The second-order valence-electron chi connectivity index (χ2n) is 4.45. The van der Waals surface area contributed by atoms with Crippen LogP contribution in [-0.2, 0) is 0 Å². The largest absolute Gasteiger partial charge is 0.122 e. The zero-order valence-electron chi connectivity index (χ0n) is 11.3. The molecule has 0 atom stereocenters. The molecule has 0 heterocycles. The summed E-state index contributed by atoms with van der Waals surface area (Å²) in [5.74, 6) is 1.11. The Morgan fingerprint density at radius 1 is 1.00 bits per heavy atom. The zero-order chi connectivity index (χ0) is 12.6. The van der Waals surface area contributed by atoms with Crippen LogP contribution in [0.15, 0.2) is 47.0 Å². The van der Waals surface area contributed by atoms with Crippen molar-refractivity contribution in [1.82, 2.24) is 0 Å². The smallest absolute Gasteiger partial charge is 0.0766 e. The molecule has 0 spiro atoms. The normalized spacial score (nSPS) is 12.2. The summed E-state index contributed by atoms with van der Waals surface area (Å²) in [7, 11) is -1.05. The van der Waals surface area contributed by atoms with E-state index in [9.17, 15) is 0 Å². The van der Waals surface area contributed by atoms with Crippen molar-refractivity contribution in [3.8, 4) is 0 Å². The van der Waals surface area contributed by atoms with Crippen LogP contribution in [-0.4, -0.2) is 13.8 Å². The van der Waals surface area contributed by atoms with E-state index in [1.165, 1.54) is 23.0 Å². The Balaban J connectivity index is 2.44. The van der Waals surface area contributed by atoms with Gasteiger partial charge in [-0.3, -0.25) is 0 Å². The van der Waals surface area contributed by atoms with Crippen molar-refractivity contribution in [1.29, 1.82) is 0 Å². The molecule has 0 radical (unpaired) electrons. The Kier molecular flexibility index (Phi) is 6.67. The Hall–Kier alpha value is -0.473. The van der Waals surface area contributed by atoms with Gasteiger partial charge in [0.15, 0.2) is 0 Å². The second-order valence-corrected chi connectivity index (χ2v) is 10.7. The van der Waals surface area contributed by atoms with Gasteiger partial charge >= 0.3 is 0 Å². The third kappa shape index (κ3) is 4.72. The highest BCUT2D eigenvalue weighted by molar-refractivity contribution is 7.99. The number of hydrogen-bond donors (Lipinski definition) is 0. The van der Waals surface area contributed by atoms with Gasteiger partial charge in [-0.2, -0.15) is 0 Å². The van der Waals surface area contributed by atoms with Crippen molar-refractivity contribution < 1.29 is 0 Å². The minimum Gasteiger partial charge on any atom is -0.122 e. The van der Waals surface area contributed by atoms with Gasteiger partial charge < -0.3 is 0 Å². The van der Waals surface area contributed by atoms with Crippen molar-refractivity contribution in [2.24, 2.45) is 0 Å². The zero-order valence-corrected chi connectivity index (χ0v) is 13.1. The molecule has 0 aliphatic rings. The molecule has 1 rings (SSSR count). The first-order chi connectivity index (χ1) is 8.26. The Bertz CT molecular complexity index is 320. The van der Waals surface area contributed by atoms with Crippen molar-refractivity contribution in [2.75, 3.05) is 5.75 Å². The third-order valence-corrected chi connectivity index (χ3v) is 9.81. The molecule has 0 unspecified atom stereocenters. The summed E-state index contributed by atoms with van der Waals surface area (Å²) in [5.41, 5.74) is 2.57. The van der Waals surface area contributed by atoms with Gasteiger partial charge in [-0.05, 0) is 12.1 Å². The first-order valence-corrected chi connectivity index (χ1v) is 10.3. The molecule has 0 saturated carbocycles. The fourth-order valence-electron chi connectivity index (χ4n) is 2.06. The summed E-state index contributed by atoms with van der Waals surface area (Å²) in [6.07, 6.45) is 2.40. The van der Waals surface area contributed by atoms with E-state index in [1.807, 2.05) is 11.8 Å². The van der Waals surface area contributed by atoms with E-state index in [1.54, 1.807) is 0 Å². The van der Waals surface area contributed by atoms with Crippen LogP contribution in [0, 0.1) is 0 Å². The summed E-state index contributed by atoms with van der Waals surface area (Å²) in [6, 6.07) is 14.8. The molecule has 17 heavy (non-hydrogen) atoms. The highest BCUT2D eigenvalue weighted by Crippen LogP contribution is 2.23. The molecule has 0 aromatic heterocycles. The van der Waals surface area contributed by atoms with Gasteiger partial charge in [0.1, 0.15) is 0 Å². The molecule has 0 aliphatic carbocycles. The minimum atomic E-state index is -1.05. The predicted molar refractivity (Wildman–Crippen MR) is 83.5 cm³/mol. The van der Waals surface area contributed by atoms with Gasteiger partial charge in [0.25, 0.3) is 0 Å². The Morgan fingerprint density at radius 2 is 1.59 bits per heavy atom. The van der Waals surface area contributed by atoms with Crippen LogP contribution in [0.4, 0.5) is 0 Å². The molecule has 0 amide bonds. The average molecular weight is 265 g/mol. The Labute approximate surface area is 112 Å². The predicted octanol–water partition coefficient (Wildman–Crippen LogP) is 5.38. The lowest BCUT2D eigenvalue weighted by Crippen LogP contribution is -2.28. The van der Waals surface area contributed by atoms with Gasteiger partial charge in [-0.1, -0.05) is 68.9 Å². The monoisotopic (exact) mass is 264 g/mol. The molecular formula is C15H24SSi.